The number of aromatic nitrogens is 2. The zero-order chi connectivity index (χ0) is 20.3. The highest BCUT2D eigenvalue weighted by Crippen LogP contribution is 2.28. The normalized spacial score (nSPS) is 11.0. The van der Waals surface area contributed by atoms with Crippen LogP contribution in [-0.2, 0) is 17.9 Å². The summed E-state index contributed by atoms with van der Waals surface area (Å²) in [5, 5.41) is 3.79. The van der Waals surface area contributed by atoms with Crippen LogP contribution in [0.5, 0.6) is 0 Å². The number of benzene rings is 1. The van der Waals surface area contributed by atoms with Crippen molar-refractivity contribution in [2.24, 2.45) is 0 Å². The number of nitrogens with one attached hydrogen (secondary N) is 1. The lowest BCUT2D eigenvalue weighted by Gasteiger charge is -2.10. The molecule has 0 bridgehead atoms. The molecule has 0 unspecified atom stereocenters. The number of allylic oxidation sites excluding steroid dienone is 1. The van der Waals surface area contributed by atoms with E-state index in [-0.39, 0.29) is 29.6 Å². The molecule has 8 heteroatoms. The molecule has 1 N–H and O–H groups in total. The van der Waals surface area contributed by atoms with Crippen LogP contribution in [0.15, 0.2) is 46.9 Å². The zero-order valence-corrected chi connectivity index (χ0v) is 17.3. The summed E-state index contributed by atoms with van der Waals surface area (Å²) in [5.74, 6) is -0.538. The van der Waals surface area contributed by atoms with Crippen molar-refractivity contribution in [1.82, 2.24) is 14.9 Å². The van der Waals surface area contributed by atoms with Gasteiger partial charge in [-0.25, -0.2) is 9.37 Å². The van der Waals surface area contributed by atoms with Gasteiger partial charge in [0.15, 0.2) is 5.16 Å². The van der Waals surface area contributed by atoms with Gasteiger partial charge in [-0.15, -0.1) is 17.9 Å². The Morgan fingerprint density at radius 3 is 2.86 bits per heavy atom. The maximum absolute atomic E-state index is 13.6. The average Bonchev–Trinajstić information content (AvgIpc) is 2.96. The van der Waals surface area contributed by atoms with Crippen molar-refractivity contribution in [3.8, 4) is 0 Å². The van der Waals surface area contributed by atoms with Gasteiger partial charge in [-0.2, -0.15) is 0 Å². The molecular formula is C20H20FN3O2S2. The first-order chi connectivity index (χ1) is 13.4. The molecule has 0 fully saturated rings. The number of thioether (sulfide) groups is 1. The van der Waals surface area contributed by atoms with Gasteiger partial charge in [0.25, 0.3) is 5.56 Å². The van der Waals surface area contributed by atoms with Gasteiger partial charge in [-0.1, -0.05) is 36.0 Å². The summed E-state index contributed by atoms with van der Waals surface area (Å²) in [5.41, 5.74) is 1.24. The Bertz CT molecular complexity index is 1100. The largest absolute Gasteiger partial charge is 0.351 e. The van der Waals surface area contributed by atoms with Crippen molar-refractivity contribution in [3.05, 3.63) is 69.1 Å². The maximum Gasteiger partial charge on any atom is 0.263 e. The number of hydrogen-bond acceptors (Lipinski definition) is 5. The molecule has 1 amide bonds. The molecule has 146 valence electrons. The van der Waals surface area contributed by atoms with Crippen molar-refractivity contribution in [3.63, 3.8) is 0 Å². The van der Waals surface area contributed by atoms with E-state index in [4.69, 9.17) is 0 Å². The molecule has 0 saturated carbocycles. The molecule has 0 aliphatic heterocycles. The Hall–Kier alpha value is -2.45. The van der Waals surface area contributed by atoms with Crippen molar-refractivity contribution in [1.29, 1.82) is 0 Å². The van der Waals surface area contributed by atoms with Gasteiger partial charge in [0.2, 0.25) is 5.91 Å². The van der Waals surface area contributed by atoms with Gasteiger partial charge in [-0.3, -0.25) is 14.2 Å². The number of carbonyl (C=O) groups excluding carboxylic acids is 1. The Labute approximate surface area is 170 Å². The average molecular weight is 418 g/mol. The fraction of sp³-hybridized carbons (Fsp3) is 0.250. The molecule has 0 saturated heterocycles. The number of nitrogens with zero attached hydrogens (tertiary/aromatic N) is 2. The molecule has 0 atom stereocenters. The molecule has 2 aromatic heterocycles. The number of fused-ring (bicyclic) bond motifs is 1. The van der Waals surface area contributed by atoms with Gasteiger partial charge in [0, 0.05) is 23.5 Å². The van der Waals surface area contributed by atoms with Crippen LogP contribution in [0.2, 0.25) is 0 Å². The minimum atomic E-state index is -0.356. The molecule has 3 aromatic rings. The summed E-state index contributed by atoms with van der Waals surface area (Å²) in [7, 11) is 0. The Balaban J connectivity index is 1.77. The minimum Gasteiger partial charge on any atom is -0.351 e. The molecule has 0 aliphatic rings. The molecule has 28 heavy (non-hydrogen) atoms. The number of hydrogen-bond donors (Lipinski definition) is 1. The lowest BCUT2D eigenvalue weighted by Crippen LogP contribution is -2.26. The maximum atomic E-state index is 13.6. The third-order valence-electron chi connectivity index (χ3n) is 4.33. The van der Waals surface area contributed by atoms with Crippen molar-refractivity contribution in [2.75, 3.05) is 5.75 Å². The van der Waals surface area contributed by atoms with Gasteiger partial charge in [0.05, 0.1) is 11.1 Å². The predicted octanol–water partition coefficient (Wildman–Crippen LogP) is 3.81. The van der Waals surface area contributed by atoms with Crippen molar-refractivity contribution in [2.45, 2.75) is 32.1 Å². The summed E-state index contributed by atoms with van der Waals surface area (Å²) in [6.45, 7) is 8.01. The van der Waals surface area contributed by atoms with E-state index < -0.39 is 0 Å². The highest BCUT2D eigenvalue weighted by Gasteiger charge is 2.17. The Morgan fingerprint density at radius 1 is 1.39 bits per heavy atom. The van der Waals surface area contributed by atoms with Crippen LogP contribution in [0.4, 0.5) is 4.39 Å². The molecule has 3 rings (SSSR count). The standard InChI is InChI=1S/C20H20FN3O2S2/c1-4-9-24-19(26)17-12(2)13(3)28-18(17)23-20(24)27-11-16(25)22-10-14-7-5-6-8-15(14)21/h4-8H,1,9-11H2,2-3H3,(H,22,25). The molecule has 0 radical (unpaired) electrons. The fourth-order valence-corrected chi connectivity index (χ4v) is 4.63. The van der Waals surface area contributed by atoms with Crippen LogP contribution in [0.1, 0.15) is 16.0 Å². The summed E-state index contributed by atoms with van der Waals surface area (Å²) >= 11 is 2.65. The lowest BCUT2D eigenvalue weighted by molar-refractivity contribution is -0.118. The summed E-state index contributed by atoms with van der Waals surface area (Å²) in [4.78, 5) is 31.4. The first kappa shape index (κ1) is 20.3. The zero-order valence-electron chi connectivity index (χ0n) is 15.6. The van der Waals surface area contributed by atoms with Crippen LogP contribution >= 0.6 is 23.1 Å². The van der Waals surface area contributed by atoms with E-state index in [2.05, 4.69) is 16.9 Å². The number of aryl methyl sites for hydroxylation is 2. The van der Waals surface area contributed by atoms with Crippen LogP contribution in [0.25, 0.3) is 10.2 Å². The third kappa shape index (κ3) is 4.18. The van der Waals surface area contributed by atoms with E-state index >= 15 is 0 Å². The molecule has 0 spiro atoms. The van der Waals surface area contributed by atoms with Gasteiger partial charge in [0.1, 0.15) is 10.6 Å². The number of thiophene rings is 1. The molecule has 0 aliphatic carbocycles. The molecule has 1 aromatic carbocycles. The van der Waals surface area contributed by atoms with Gasteiger partial charge >= 0.3 is 0 Å². The first-order valence-corrected chi connectivity index (χ1v) is 10.5. The van der Waals surface area contributed by atoms with E-state index in [0.717, 1.165) is 10.4 Å². The number of carbonyl (C=O) groups is 1. The second-order valence-electron chi connectivity index (χ2n) is 6.22. The van der Waals surface area contributed by atoms with E-state index in [9.17, 15) is 14.0 Å². The Morgan fingerprint density at radius 2 is 2.14 bits per heavy atom. The number of amides is 1. The van der Waals surface area contributed by atoms with E-state index in [1.807, 2.05) is 13.8 Å². The van der Waals surface area contributed by atoms with Crippen LogP contribution in [0, 0.1) is 19.7 Å². The monoisotopic (exact) mass is 417 g/mol. The highest BCUT2D eigenvalue weighted by molar-refractivity contribution is 7.99. The SMILES string of the molecule is C=CCn1c(SCC(=O)NCc2ccccc2F)nc2sc(C)c(C)c2c1=O. The van der Waals surface area contributed by atoms with Crippen molar-refractivity contribution >= 4 is 39.2 Å². The van der Waals surface area contributed by atoms with Crippen LogP contribution in [0.3, 0.4) is 0 Å². The summed E-state index contributed by atoms with van der Waals surface area (Å²) < 4.78 is 15.2. The third-order valence-corrected chi connectivity index (χ3v) is 6.41. The van der Waals surface area contributed by atoms with Crippen LogP contribution < -0.4 is 10.9 Å². The smallest absolute Gasteiger partial charge is 0.263 e. The Kier molecular flexibility index (Phi) is 6.31. The van der Waals surface area contributed by atoms with E-state index in [1.54, 1.807) is 24.3 Å². The number of halogens is 1. The molecular weight excluding hydrogens is 397 g/mol. The first-order valence-electron chi connectivity index (χ1n) is 8.66. The molecule has 5 nitrogen and oxygen atoms in total. The fourth-order valence-electron chi connectivity index (χ4n) is 2.73. The van der Waals surface area contributed by atoms with Gasteiger partial charge in [-0.05, 0) is 25.5 Å². The topological polar surface area (TPSA) is 64.0 Å². The quantitative estimate of drug-likeness (QED) is 0.361. The van der Waals surface area contributed by atoms with Gasteiger partial charge < -0.3 is 5.32 Å². The minimum absolute atomic E-state index is 0.0763. The molecule has 2 heterocycles. The van der Waals surface area contributed by atoms with E-state index in [1.165, 1.54) is 33.7 Å². The highest BCUT2D eigenvalue weighted by atomic mass is 32.2. The second kappa shape index (κ2) is 8.70. The van der Waals surface area contributed by atoms with Crippen LogP contribution in [-0.4, -0.2) is 21.2 Å². The number of rotatable bonds is 7. The lowest BCUT2D eigenvalue weighted by atomic mass is 10.2. The van der Waals surface area contributed by atoms with Crippen molar-refractivity contribution < 1.29 is 9.18 Å². The summed E-state index contributed by atoms with van der Waals surface area (Å²) in [6.07, 6.45) is 1.63. The predicted molar refractivity (Wildman–Crippen MR) is 113 cm³/mol. The second-order valence-corrected chi connectivity index (χ2v) is 8.36. The van der Waals surface area contributed by atoms with E-state index in [0.29, 0.717) is 27.5 Å². The summed E-state index contributed by atoms with van der Waals surface area (Å²) in [6, 6.07) is 6.30.